The number of sulfonamides is 1. The van der Waals surface area contributed by atoms with Gasteiger partial charge in [-0.15, -0.1) is 0 Å². The van der Waals surface area contributed by atoms with Gasteiger partial charge in [-0.05, 0) is 48.6 Å². The predicted octanol–water partition coefficient (Wildman–Crippen LogP) is 4.49. The molecule has 2 N–H and O–H groups in total. The van der Waals surface area contributed by atoms with Crippen LogP contribution in [-0.4, -0.2) is 19.9 Å². The van der Waals surface area contributed by atoms with Crippen LogP contribution >= 0.6 is 11.6 Å². The Kier molecular flexibility index (Phi) is 5.60. The summed E-state index contributed by atoms with van der Waals surface area (Å²) in [6.07, 6.45) is 7.51. The summed E-state index contributed by atoms with van der Waals surface area (Å²) in [6.45, 7) is 0.583. The first kappa shape index (κ1) is 20.3. The van der Waals surface area contributed by atoms with Crippen molar-refractivity contribution in [2.45, 2.75) is 50.0 Å². The van der Waals surface area contributed by atoms with Gasteiger partial charge in [0.2, 0.25) is 10.0 Å². The van der Waals surface area contributed by atoms with Gasteiger partial charge in [-0.1, -0.05) is 49.4 Å². The lowest BCUT2D eigenvalue weighted by Crippen LogP contribution is -2.14. The van der Waals surface area contributed by atoms with Crippen LogP contribution in [0.15, 0.2) is 46.3 Å². The van der Waals surface area contributed by atoms with Crippen molar-refractivity contribution in [1.29, 1.82) is 0 Å². The summed E-state index contributed by atoms with van der Waals surface area (Å²) in [5, 5.41) is 5.19. The van der Waals surface area contributed by atoms with E-state index in [4.69, 9.17) is 16.7 Å². The first-order valence-corrected chi connectivity index (χ1v) is 11.8. The van der Waals surface area contributed by atoms with Crippen LogP contribution in [0.1, 0.15) is 65.6 Å². The molecule has 2 aliphatic rings. The maximum atomic E-state index is 12.9. The first-order chi connectivity index (χ1) is 13.8. The van der Waals surface area contributed by atoms with E-state index in [9.17, 15) is 13.2 Å². The van der Waals surface area contributed by atoms with Gasteiger partial charge in [0.05, 0.1) is 11.6 Å². The number of rotatable bonds is 6. The highest BCUT2D eigenvalue weighted by Crippen LogP contribution is 2.31. The van der Waals surface area contributed by atoms with Crippen LogP contribution in [0, 0.1) is 5.92 Å². The molecule has 7 heteroatoms. The van der Waals surface area contributed by atoms with Crippen LogP contribution in [0.2, 0.25) is 5.02 Å². The van der Waals surface area contributed by atoms with Crippen molar-refractivity contribution < 1.29 is 13.2 Å². The molecule has 1 aliphatic heterocycles. The molecular formula is C22H23ClN2O3S. The minimum atomic E-state index is -4.00. The molecule has 0 unspecified atom stereocenters. The summed E-state index contributed by atoms with van der Waals surface area (Å²) < 4.78 is 23.4. The van der Waals surface area contributed by atoms with Crippen LogP contribution in [0.25, 0.3) is 0 Å². The fraction of sp³-hybridized carbons (Fsp3) is 0.364. The molecule has 1 fully saturated rings. The fourth-order valence-electron chi connectivity index (χ4n) is 4.30. The zero-order valence-electron chi connectivity index (χ0n) is 16.0. The number of ketones is 1. The average molecular weight is 431 g/mol. The molecule has 2 aromatic rings. The van der Waals surface area contributed by atoms with Crippen LogP contribution in [0.3, 0.4) is 0 Å². The predicted molar refractivity (Wildman–Crippen MR) is 114 cm³/mol. The van der Waals surface area contributed by atoms with Crippen LogP contribution in [0.4, 0.5) is 0 Å². The van der Waals surface area contributed by atoms with Crippen LogP contribution in [0.5, 0.6) is 0 Å². The lowest BCUT2D eigenvalue weighted by atomic mass is 9.94. The number of carbonyl (C=O) groups is 1. The number of hydrogen-bond donors (Lipinski definition) is 1. The van der Waals surface area contributed by atoms with Gasteiger partial charge in [-0.2, -0.15) is 0 Å². The minimum Gasteiger partial charge on any atom is -0.289 e. The lowest BCUT2D eigenvalue weighted by Gasteiger charge is -2.10. The second kappa shape index (κ2) is 8.01. The Labute approximate surface area is 176 Å². The zero-order chi connectivity index (χ0) is 20.6. The molecule has 0 atom stereocenters. The molecule has 0 aromatic heterocycles. The van der Waals surface area contributed by atoms with Crippen LogP contribution in [-0.2, 0) is 16.6 Å². The summed E-state index contributed by atoms with van der Waals surface area (Å²) in [6, 6.07) is 9.72. The van der Waals surface area contributed by atoms with Crippen LogP contribution < -0.4 is 5.14 Å². The molecular weight excluding hydrogens is 408 g/mol. The quantitative estimate of drug-likeness (QED) is 0.684. The van der Waals surface area contributed by atoms with Gasteiger partial charge in [-0.3, -0.25) is 9.79 Å². The Morgan fingerprint density at radius 3 is 2.52 bits per heavy atom. The molecule has 1 saturated carbocycles. The monoisotopic (exact) mass is 430 g/mol. The maximum absolute atomic E-state index is 12.9. The van der Waals surface area contributed by atoms with Crippen molar-refractivity contribution in [3.63, 3.8) is 0 Å². The Morgan fingerprint density at radius 1 is 1.10 bits per heavy atom. The lowest BCUT2D eigenvalue weighted by molar-refractivity contribution is 0.103. The summed E-state index contributed by atoms with van der Waals surface area (Å²) in [5.74, 6) is 0.550. The normalized spacial score (nSPS) is 16.7. The number of carbonyl (C=O) groups excluding carboxylic acids is 1. The summed E-state index contributed by atoms with van der Waals surface area (Å²) in [5.41, 5.74) is 4.03. The number of benzene rings is 2. The third-order valence-electron chi connectivity index (χ3n) is 5.88. The van der Waals surface area contributed by atoms with Crippen molar-refractivity contribution in [3.05, 3.63) is 63.7 Å². The molecule has 29 heavy (non-hydrogen) atoms. The topological polar surface area (TPSA) is 89.6 Å². The van der Waals surface area contributed by atoms with E-state index in [-0.39, 0.29) is 21.3 Å². The number of fused-ring (bicyclic) bond motifs is 1. The number of halogens is 1. The largest absolute Gasteiger partial charge is 0.289 e. The molecule has 0 bridgehead atoms. The second-order valence-electron chi connectivity index (χ2n) is 7.84. The SMILES string of the molecule is NS(=O)(=O)c1cc(C(=O)c2ccc3c(c2)CN=C3CCC2CCCC2)ccc1Cl. The molecule has 4 rings (SSSR count). The minimum absolute atomic E-state index is 0.00157. The molecule has 0 radical (unpaired) electrons. The van der Waals surface area contributed by atoms with Crippen molar-refractivity contribution in [1.82, 2.24) is 0 Å². The summed E-state index contributed by atoms with van der Waals surface area (Å²) in [4.78, 5) is 17.3. The summed E-state index contributed by atoms with van der Waals surface area (Å²) >= 11 is 5.92. The average Bonchev–Trinajstić information content (AvgIpc) is 3.34. The van der Waals surface area contributed by atoms with Gasteiger partial charge in [0, 0.05) is 22.4 Å². The highest BCUT2D eigenvalue weighted by atomic mass is 35.5. The van der Waals surface area contributed by atoms with Gasteiger partial charge in [0.1, 0.15) is 4.90 Å². The number of hydrogen-bond acceptors (Lipinski definition) is 4. The number of nitrogens with zero attached hydrogens (tertiary/aromatic N) is 1. The molecule has 0 amide bonds. The number of primary sulfonamides is 1. The third kappa shape index (κ3) is 4.29. The summed E-state index contributed by atoms with van der Waals surface area (Å²) in [7, 11) is -4.00. The smallest absolute Gasteiger partial charge is 0.239 e. The molecule has 0 saturated heterocycles. The molecule has 0 spiro atoms. The van der Waals surface area contributed by atoms with Gasteiger partial charge in [0.15, 0.2) is 5.78 Å². The Morgan fingerprint density at radius 2 is 1.79 bits per heavy atom. The van der Waals surface area contributed by atoms with Gasteiger partial charge in [0.25, 0.3) is 0 Å². The molecule has 2 aromatic carbocycles. The molecule has 1 heterocycles. The van der Waals surface area contributed by atoms with E-state index < -0.39 is 10.0 Å². The number of nitrogens with two attached hydrogens (primary N) is 1. The molecule has 5 nitrogen and oxygen atoms in total. The second-order valence-corrected chi connectivity index (χ2v) is 9.78. The zero-order valence-corrected chi connectivity index (χ0v) is 17.6. The van der Waals surface area contributed by atoms with Gasteiger partial charge >= 0.3 is 0 Å². The molecule has 152 valence electrons. The van der Waals surface area contributed by atoms with E-state index in [1.807, 2.05) is 12.1 Å². The van der Waals surface area contributed by atoms with Gasteiger partial charge in [-0.25, -0.2) is 13.6 Å². The van der Waals surface area contributed by atoms with E-state index in [1.54, 1.807) is 6.07 Å². The first-order valence-electron chi connectivity index (χ1n) is 9.86. The van der Waals surface area contributed by atoms with E-state index in [1.165, 1.54) is 50.3 Å². The highest BCUT2D eigenvalue weighted by molar-refractivity contribution is 7.89. The Balaban J connectivity index is 1.53. The Hall–Kier alpha value is -2.02. The highest BCUT2D eigenvalue weighted by Gasteiger charge is 2.22. The van der Waals surface area contributed by atoms with E-state index in [2.05, 4.69) is 4.99 Å². The van der Waals surface area contributed by atoms with Crippen molar-refractivity contribution >= 4 is 33.1 Å². The standard InChI is InChI=1S/C22H23ClN2O3S/c23-19-9-7-16(12-21(19)29(24,27)28)22(26)15-6-8-18-17(11-15)13-25-20(18)10-5-14-3-1-2-4-14/h6-9,11-12,14H,1-5,10,13H2,(H2,24,27,28). The van der Waals surface area contributed by atoms with Gasteiger partial charge < -0.3 is 0 Å². The van der Waals surface area contributed by atoms with Crippen molar-refractivity contribution in [2.24, 2.45) is 16.0 Å². The fourth-order valence-corrected chi connectivity index (χ4v) is 5.37. The van der Waals surface area contributed by atoms with E-state index >= 15 is 0 Å². The molecule has 1 aliphatic carbocycles. The van der Waals surface area contributed by atoms with E-state index in [0.717, 1.165) is 29.2 Å². The number of aliphatic imine (C=N–C) groups is 1. The maximum Gasteiger partial charge on any atom is 0.239 e. The third-order valence-corrected chi connectivity index (χ3v) is 7.28. The van der Waals surface area contributed by atoms with Crippen molar-refractivity contribution in [2.75, 3.05) is 0 Å². The van der Waals surface area contributed by atoms with E-state index in [0.29, 0.717) is 12.1 Å². The van der Waals surface area contributed by atoms with Crippen molar-refractivity contribution in [3.8, 4) is 0 Å². The Bertz CT molecular complexity index is 1100.